The molecule has 0 atom stereocenters. The van der Waals surface area contributed by atoms with Crippen LogP contribution in [0.1, 0.15) is 16.7 Å². The molecule has 3 nitrogen and oxygen atoms in total. The molecule has 1 aliphatic heterocycles. The van der Waals surface area contributed by atoms with Gasteiger partial charge in [0.1, 0.15) is 0 Å². The Labute approximate surface area is 289 Å². The highest BCUT2D eigenvalue weighted by Crippen LogP contribution is 2.42. The van der Waals surface area contributed by atoms with Crippen molar-refractivity contribution in [1.29, 1.82) is 0 Å². The van der Waals surface area contributed by atoms with Gasteiger partial charge in [-0.15, -0.1) is 11.3 Å². The van der Waals surface area contributed by atoms with Crippen LogP contribution in [-0.2, 0) is 6.54 Å². The summed E-state index contributed by atoms with van der Waals surface area (Å²) >= 11 is 1.85. The summed E-state index contributed by atoms with van der Waals surface area (Å²) in [4.78, 5) is 12.4. The second-order valence-corrected chi connectivity index (χ2v) is 13.4. The van der Waals surface area contributed by atoms with Gasteiger partial charge >= 0.3 is 0 Å². The predicted octanol–water partition coefficient (Wildman–Crippen LogP) is 12.2. The van der Waals surface area contributed by atoms with Gasteiger partial charge in [0.25, 0.3) is 0 Å². The summed E-state index contributed by atoms with van der Waals surface area (Å²) in [6.45, 7) is 0.523. The van der Waals surface area contributed by atoms with Crippen LogP contribution in [0.5, 0.6) is 0 Å². The van der Waals surface area contributed by atoms with E-state index in [0.717, 1.165) is 56.0 Å². The Morgan fingerprint density at radius 3 is 1.90 bits per heavy atom. The second-order valence-electron chi connectivity index (χ2n) is 12.3. The van der Waals surface area contributed by atoms with Gasteiger partial charge < -0.3 is 4.90 Å². The lowest BCUT2D eigenvalue weighted by molar-refractivity contribution is 1.06. The fraction of sp³-hybridized carbons (Fsp3) is 0.0222. The molecule has 232 valence electrons. The van der Waals surface area contributed by atoms with Crippen molar-refractivity contribution in [1.82, 2.24) is 0 Å². The fourth-order valence-corrected chi connectivity index (χ4v) is 7.77. The smallest absolute Gasteiger partial charge is 0.154 e. The first-order valence-electron chi connectivity index (χ1n) is 16.5. The Hall–Kier alpha value is -6.10. The highest BCUT2D eigenvalue weighted by molar-refractivity contribution is 7.25. The highest BCUT2D eigenvalue weighted by Gasteiger charge is 2.17. The van der Waals surface area contributed by atoms with Crippen LogP contribution in [0, 0.1) is 0 Å². The van der Waals surface area contributed by atoms with Crippen molar-refractivity contribution in [3.05, 3.63) is 187 Å². The molecule has 0 saturated carbocycles. The molecular formula is C45H31N3S. The quantitative estimate of drug-likeness (QED) is 0.172. The highest BCUT2D eigenvalue weighted by atomic mass is 32.1. The molecular weight excluding hydrogens is 615 g/mol. The molecule has 7 aromatic carbocycles. The third kappa shape index (κ3) is 5.73. The Morgan fingerprint density at radius 1 is 0.490 bits per heavy atom. The number of nitrogens with zero attached hydrogens (tertiary/aromatic N) is 3. The molecule has 49 heavy (non-hydrogen) atoms. The van der Waals surface area contributed by atoms with Crippen molar-refractivity contribution < 1.29 is 0 Å². The third-order valence-electron chi connectivity index (χ3n) is 9.09. The van der Waals surface area contributed by atoms with E-state index in [1.54, 1.807) is 0 Å². The van der Waals surface area contributed by atoms with Crippen molar-refractivity contribution in [2.24, 2.45) is 9.98 Å². The number of thiophene rings is 1. The standard InChI is InChI=1S/C45H31N3S/c1-2-10-31(11-3-1)29-46-45-37-17-7-14-34(25-37)36-16-9-19-39(27-36)48(40-22-23-44-42(28-40)41-20-4-5-21-43(41)49-44)38-18-8-15-35(26-38)33-13-6-12-32(24-33)30-47-45/h1-29H,30H2/b46-29+,47-45-. The van der Waals surface area contributed by atoms with Gasteiger partial charge in [0.2, 0.25) is 0 Å². The van der Waals surface area contributed by atoms with E-state index in [0.29, 0.717) is 12.4 Å². The maximum atomic E-state index is 5.08. The van der Waals surface area contributed by atoms with Crippen LogP contribution < -0.4 is 4.90 Å². The molecule has 1 aliphatic rings. The van der Waals surface area contributed by atoms with Crippen molar-refractivity contribution in [2.45, 2.75) is 6.54 Å². The summed E-state index contributed by atoms with van der Waals surface area (Å²) in [6, 6.07) is 60.7. The monoisotopic (exact) mass is 645 g/mol. The van der Waals surface area contributed by atoms with Crippen LogP contribution in [-0.4, -0.2) is 12.1 Å². The van der Waals surface area contributed by atoms with E-state index in [4.69, 9.17) is 9.98 Å². The molecule has 8 aromatic rings. The summed E-state index contributed by atoms with van der Waals surface area (Å²) < 4.78 is 2.60. The minimum atomic E-state index is 0.523. The molecule has 0 amide bonds. The van der Waals surface area contributed by atoms with E-state index in [2.05, 4.69) is 157 Å². The van der Waals surface area contributed by atoms with Gasteiger partial charge in [-0.3, -0.25) is 4.99 Å². The molecule has 8 bridgehead atoms. The molecule has 1 aromatic heterocycles. The third-order valence-corrected chi connectivity index (χ3v) is 10.2. The average molecular weight is 646 g/mol. The van der Waals surface area contributed by atoms with E-state index in [-0.39, 0.29) is 0 Å². The number of benzene rings is 7. The van der Waals surface area contributed by atoms with Crippen LogP contribution >= 0.6 is 11.3 Å². The molecule has 9 rings (SSSR count). The van der Waals surface area contributed by atoms with Crippen molar-refractivity contribution in [2.75, 3.05) is 4.90 Å². The number of amidine groups is 1. The topological polar surface area (TPSA) is 28.0 Å². The van der Waals surface area contributed by atoms with Crippen molar-refractivity contribution in [3.63, 3.8) is 0 Å². The molecule has 0 spiro atoms. The van der Waals surface area contributed by atoms with Crippen LogP contribution in [0.2, 0.25) is 0 Å². The van der Waals surface area contributed by atoms with E-state index >= 15 is 0 Å². The minimum Gasteiger partial charge on any atom is -0.310 e. The van der Waals surface area contributed by atoms with Gasteiger partial charge in [0.15, 0.2) is 5.84 Å². The first-order chi connectivity index (χ1) is 24.2. The van der Waals surface area contributed by atoms with E-state index in [1.807, 2.05) is 35.8 Å². The second kappa shape index (κ2) is 12.5. The van der Waals surface area contributed by atoms with Crippen LogP contribution in [0.4, 0.5) is 17.1 Å². The zero-order valence-corrected chi connectivity index (χ0v) is 27.5. The summed E-state index contributed by atoms with van der Waals surface area (Å²) in [7, 11) is 0. The van der Waals surface area contributed by atoms with Gasteiger partial charge in [-0.25, -0.2) is 4.99 Å². The lowest BCUT2D eigenvalue weighted by Gasteiger charge is -2.27. The van der Waals surface area contributed by atoms with Gasteiger partial charge in [-0.2, -0.15) is 0 Å². The molecule has 2 heterocycles. The van der Waals surface area contributed by atoms with E-state index in [1.165, 1.54) is 20.2 Å². The van der Waals surface area contributed by atoms with Gasteiger partial charge in [-0.05, 0) is 94.0 Å². The van der Waals surface area contributed by atoms with Gasteiger partial charge in [-0.1, -0.05) is 109 Å². The normalized spacial score (nSPS) is 13.9. The summed E-state index contributed by atoms with van der Waals surface area (Å²) in [5.74, 6) is 0.708. The first kappa shape index (κ1) is 29.1. The average Bonchev–Trinajstić information content (AvgIpc) is 3.54. The van der Waals surface area contributed by atoms with Crippen LogP contribution in [0.15, 0.2) is 180 Å². The maximum absolute atomic E-state index is 5.08. The van der Waals surface area contributed by atoms with Gasteiger partial charge in [0.05, 0.1) is 6.54 Å². The zero-order valence-electron chi connectivity index (χ0n) is 26.7. The molecule has 0 N–H and O–H groups in total. The Bertz CT molecular complexity index is 2540. The largest absolute Gasteiger partial charge is 0.310 e. The number of hydrogen-bond acceptors (Lipinski definition) is 4. The number of rotatable bonds is 2. The minimum absolute atomic E-state index is 0.523. The number of aliphatic imine (C=N–C) groups is 2. The lowest BCUT2D eigenvalue weighted by atomic mass is 10.00. The lowest BCUT2D eigenvalue weighted by Crippen LogP contribution is -2.10. The SMILES string of the molecule is C(=N\C1=N/Cc2cccc(c2)-c2cccc(c2)N(c2ccc3sc4ccccc4c3c2)c2cccc(c2)-c2cccc1c2)/c1ccccc1. The molecule has 0 fully saturated rings. The Balaban J connectivity index is 1.25. The van der Waals surface area contributed by atoms with E-state index < -0.39 is 0 Å². The molecule has 4 heteroatoms. The Morgan fingerprint density at radius 2 is 1.10 bits per heavy atom. The Kier molecular flexibility index (Phi) is 7.41. The first-order valence-corrected chi connectivity index (χ1v) is 17.3. The molecule has 0 aliphatic carbocycles. The van der Waals surface area contributed by atoms with E-state index in [9.17, 15) is 0 Å². The molecule has 0 radical (unpaired) electrons. The predicted molar refractivity (Wildman–Crippen MR) is 209 cm³/mol. The van der Waals surface area contributed by atoms with Crippen LogP contribution in [0.3, 0.4) is 0 Å². The summed E-state index contributed by atoms with van der Waals surface area (Å²) in [6.07, 6.45) is 1.90. The maximum Gasteiger partial charge on any atom is 0.154 e. The number of hydrogen-bond donors (Lipinski definition) is 0. The van der Waals surface area contributed by atoms with Crippen molar-refractivity contribution in [3.8, 4) is 22.3 Å². The molecule has 0 unspecified atom stereocenters. The zero-order chi connectivity index (χ0) is 32.6. The number of fused-ring (bicyclic) bond motifs is 13. The summed E-state index contributed by atoms with van der Waals surface area (Å²) in [5, 5.41) is 2.57. The van der Waals surface area contributed by atoms with Crippen molar-refractivity contribution >= 4 is 60.6 Å². The van der Waals surface area contributed by atoms with Gasteiger partial charge in [0, 0.05) is 49.0 Å². The summed E-state index contributed by atoms with van der Waals surface area (Å²) in [5.41, 5.74) is 11.0. The molecule has 0 saturated heterocycles. The number of anilines is 3. The van der Waals surface area contributed by atoms with Crippen LogP contribution in [0.25, 0.3) is 42.4 Å². The fourth-order valence-electron chi connectivity index (χ4n) is 6.68.